The Hall–Kier alpha value is -2.48. The highest BCUT2D eigenvalue weighted by Crippen LogP contribution is 2.43. The van der Waals surface area contributed by atoms with Gasteiger partial charge in [-0.2, -0.15) is 15.4 Å². The predicted octanol–water partition coefficient (Wildman–Crippen LogP) is 1.74. The molecule has 1 amide bonds. The van der Waals surface area contributed by atoms with E-state index in [0.717, 1.165) is 19.3 Å². The molecule has 1 saturated carbocycles. The molecular weight excluding hydrogens is 334 g/mol. The summed E-state index contributed by atoms with van der Waals surface area (Å²) < 4.78 is 12.0. The lowest BCUT2D eigenvalue weighted by Crippen LogP contribution is -2.53. The van der Waals surface area contributed by atoms with Crippen LogP contribution in [0.15, 0.2) is 24.4 Å². The fourth-order valence-corrected chi connectivity index (χ4v) is 4.22. The number of aryl methyl sites for hydroxylation is 1. The number of pyridine rings is 1. The van der Waals surface area contributed by atoms with Gasteiger partial charge in [0.1, 0.15) is 6.10 Å². The van der Waals surface area contributed by atoms with E-state index in [4.69, 9.17) is 9.47 Å². The molecule has 1 N–H and O–H groups in total. The van der Waals surface area contributed by atoms with Gasteiger partial charge in [-0.25, -0.2) is 4.98 Å². The Balaban J connectivity index is 1.55. The van der Waals surface area contributed by atoms with Crippen LogP contribution in [0.2, 0.25) is 0 Å². The van der Waals surface area contributed by atoms with Gasteiger partial charge in [-0.1, -0.05) is 6.07 Å². The number of amides is 1. The number of carbonyl (C=O) groups is 1. The van der Waals surface area contributed by atoms with Crippen LogP contribution in [0.4, 0.5) is 0 Å². The molecule has 0 aromatic carbocycles. The Kier molecular flexibility index (Phi) is 4.36. The molecule has 1 aliphatic carbocycles. The van der Waals surface area contributed by atoms with E-state index in [0.29, 0.717) is 30.2 Å². The van der Waals surface area contributed by atoms with Crippen LogP contribution in [0.5, 0.6) is 5.88 Å². The lowest BCUT2D eigenvalue weighted by Gasteiger charge is -2.43. The highest BCUT2D eigenvalue weighted by atomic mass is 16.5. The lowest BCUT2D eigenvalue weighted by atomic mass is 9.79. The molecule has 2 aliphatic rings. The number of hydrogen-bond acceptors (Lipinski definition) is 6. The Morgan fingerprint density at radius 2 is 2.23 bits per heavy atom. The second-order valence-electron chi connectivity index (χ2n) is 6.97. The number of fused-ring (bicyclic) bond motifs is 1. The van der Waals surface area contributed by atoms with Crippen molar-refractivity contribution in [2.45, 2.75) is 50.4 Å². The predicted molar refractivity (Wildman–Crippen MR) is 92.8 cm³/mol. The number of ether oxygens (including phenoxy) is 2. The summed E-state index contributed by atoms with van der Waals surface area (Å²) >= 11 is 0. The molecule has 2 aromatic heterocycles. The van der Waals surface area contributed by atoms with Crippen molar-refractivity contribution in [3.8, 4) is 5.88 Å². The zero-order valence-electron chi connectivity index (χ0n) is 15.0. The number of H-pyrrole nitrogens is 1. The summed E-state index contributed by atoms with van der Waals surface area (Å²) in [6.45, 7) is 2.43. The second-order valence-corrected chi connectivity index (χ2v) is 6.97. The molecule has 3 heterocycles. The summed E-state index contributed by atoms with van der Waals surface area (Å²) in [6, 6.07) is 5.58. The zero-order chi connectivity index (χ0) is 18.1. The summed E-state index contributed by atoms with van der Waals surface area (Å²) in [5.74, 6) is 0.518. The molecule has 1 saturated heterocycles. The summed E-state index contributed by atoms with van der Waals surface area (Å²) in [7, 11) is 1.74. The van der Waals surface area contributed by atoms with Crippen LogP contribution in [0, 0.1) is 6.92 Å². The molecule has 0 unspecified atom stereocenters. The van der Waals surface area contributed by atoms with E-state index in [1.165, 1.54) is 0 Å². The van der Waals surface area contributed by atoms with E-state index in [9.17, 15) is 4.79 Å². The maximum absolute atomic E-state index is 13.0. The number of carbonyl (C=O) groups excluding carboxylic acids is 1. The topological polar surface area (TPSA) is 93.2 Å². The standard InChI is InChI=1S/C18H23N5O3/c1-12-16(21-22-20-12)17(24)23-10-8-18(25-2)7-6-13(11-14(18)23)26-15-5-3-4-9-19-15/h3-5,9,13-14H,6-8,10-11H2,1-2H3,(H,20,21,22)/t13-,14+,18-/m1/s1. The van der Waals surface area contributed by atoms with E-state index in [-0.39, 0.29) is 23.7 Å². The van der Waals surface area contributed by atoms with Gasteiger partial charge in [0.2, 0.25) is 5.88 Å². The molecule has 1 aliphatic heterocycles. The van der Waals surface area contributed by atoms with Gasteiger partial charge < -0.3 is 14.4 Å². The van der Waals surface area contributed by atoms with Gasteiger partial charge in [-0.05, 0) is 32.3 Å². The maximum atomic E-state index is 13.0. The van der Waals surface area contributed by atoms with Crippen LogP contribution in [-0.2, 0) is 4.74 Å². The van der Waals surface area contributed by atoms with E-state index in [1.807, 2.05) is 23.1 Å². The molecule has 138 valence electrons. The van der Waals surface area contributed by atoms with Crippen molar-refractivity contribution in [3.63, 3.8) is 0 Å². The Morgan fingerprint density at radius 3 is 2.92 bits per heavy atom. The summed E-state index contributed by atoms with van der Waals surface area (Å²) in [4.78, 5) is 19.1. The van der Waals surface area contributed by atoms with Gasteiger partial charge in [-0.3, -0.25) is 4.79 Å². The molecule has 0 bridgehead atoms. The third-order valence-electron chi connectivity index (χ3n) is 5.65. The SMILES string of the molecule is CO[C@@]12CC[C@@H](Oc3ccccn3)C[C@@H]1N(C(=O)c1n[nH]nc1C)CC2. The molecule has 26 heavy (non-hydrogen) atoms. The Bertz CT molecular complexity index is 780. The van der Waals surface area contributed by atoms with Gasteiger partial charge in [0.25, 0.3) is 5.91 Å². The third-order valence-corrected chi connectivity index (χ3v) is 5.65. The fourth-order valence-electron chi connectivity index (χ4n) is 4.22. The molecule has 2 fully saturated rings. The summed E-state index contributed by atoms with van der Waals surface area (Å²) in [6.07, 6.45) is 5.00. The first-order chi connectivity index (χ1) is 12.6. The molecular formula is C18H23N5O3. The van der Waals surface area contributed by atoms with Crippen molar-refractivity contribution in [3.05, 3.63) is 35.8 Å². The molecule has 4 rings (SSSR count). The normalized spacial score (nSPS) is 28.0. The van der Waals surface area contributed by atoms with Crippen molar-refractivity contribution >= 4 is 5.91 Å². The minimum Gasteiger partial charge on any atom is -0.474 e. The number of methoxy groups -OCH3 is 1. The minimum absolute atomic E-state index is 0.00461. The average Bonchev–Trinajstić information content (AvgIpc) is 3.26. The van der Waals surface area contributed by atoms with Crippen LogP contribution in [0.1, 0.15) is 41.9 Å². The highest BCUT2D eigenvalue weighted by Gasteiger charge is 2.53. The molecule has 8 nitrogen and oxygen atoms in total. The van der Waals surface area contributed by atoms with Crippen LogP contribution < -0.4 is 4.74 Å². The van der Waals surface area contributed by atoms with Crippen molar-refractivity contribution < 1.29 is 14.3 Å². The second kappa shape index (κ2) is 6.68. The lowest BCUT2D eigenvalue weighted by molar-refractivity contribution is -0.0789. The van der Waals surface area contributed by atoms with Gasteiger partial charge >= 0.3 is 0 Å². The zero-order valence-corrected chi connectivity index (χ0v) is 15.0. The van der Waals surface area contributed by atoms with Crippen LogP contribution in [0.3, 0.4) is 0 Å². The fraction of sp³-hybridized carbons (Fsp3) is 0.556. The third kappa shape index (κ3) is 2.84. The van der Waals surface area contributed by atoms with Crippen molar-refractivity contribution in [2.24, 2.45) is 0 Å². The summed E-state index contributed by atoms with van der Waals surface area (Å²) in [5, 5.41) is 10.5. The minimum atomic E-state index is -0.308. The van der Waals surface area contributed by atoms with E-state index < -0.39 is 0 Å². The molecule has 0 spiro atoms. The van der Waals surface area contributed by atoms with E-state index in [2.05, 4.69) is 20.4 Å². The molecule has 0 radical (unpaired) electrons. The van der Waals surface area contributed by atoms with Crippen molar-refractivity contribution in [1.82, 2.24) is 25.3 Å². The smallest absolute Gasteiger partial charge is 0.276 e. The molecule has 3 atom stereocenters. The van der Waals surface area contributed by atoms with Gasteiger partial charge in [0.05, 0.1) is 17.3 Å². The van der Waals surface area contributed by atoms with E-state index in [1.54, 1.807) is 20.2 Å². The van der Waals surface area contributed by atoms with Crippen molar-refractivity contribution in [1.29, 1.82) is 0 Å². The number of nitrogens with zero attached hydrogens (tertiary/aromatic N) is 4. The van der Waals surface area contributed by atoms with Crippen molar-refractivity contribution in [2.75, 3.05) is 13.7 Å². The number of aromatic amines is 1. The Morgan fingerprint density at radius 1 is 1.35 bits per heavy atom. The first-order valence-electron chi connectivity index (χ1n) is 8.94. The number of nitrogens with one attached hydrogen (secondary N) is 1. The first kappa shape index (κ1) is 17.0. The van der Waals surface area contributed by atoms with E-state index >= 15 is 0 Å². The monoisotopic (exact) mass is 357 g/mol. The Labute approximate surface area is 151 Å². The van der Waals surface area contributed by atoms with Crippen LogP contribution in [-0.4, -0.2) is 62.6 Å². The van der Waals surface area contributed by atoms with Gasteiger partial charge in [-0.15, -0.1) is 0 Å². The van der Waals surface area contributed by atoms with Gasteiger partial charge in [0, 0.05) is 32.3 Å². The summed E-state index contributed by atoms with van der Waals surface area (Å²) in [5.41, 5.74) is 0.684. The van der Waals surface area contributed by atoms with Gasteiger partial charge in [0.15, 0.2) is 5.69 Å². The highest BCUT2D eigenvalue weighted by molar-refractivity contribution is 5.93. The average molecular weight is 357 g/mol. The number of hydrogen-bond donors (Lipinski definition) is 1. The first-order valence-corrected chi connectivity index (χ1v) is 8.94. The molecule has 2 aromatic rings. The maximum Gasteiger partial charge on any atom is 0.276 e. The van der Waals surface area contributed by atoms with Crippen LogP contribution in [0.25, 0.3) is 0 Å². The number of aromatic nitrogens is 4. The number of rotatable bonds is 4. The largest absolute Gasteiger partial charge is 0.474 e. The molecule has 8 heteroatoms. The quantitative estimate of drug-likeness (QED) is 0.896. The number of likely N-dealkylation sites (tertiary alicyclic amines) is 1. The van der Waals surface area contributed by atoms with Crippen LogP contribution >= 0.6 is 0 Å².